The van der Waals surface area contributed by atoms with Crippen molar-refractivity contribution in [1.29, 1.82) is 0 Å². The third-order valence-corrected chi connectivity index (χ3v) is 6.15. The number of hydrogen-bond donors (Lipinski definition) is 3. The second kappa shape index (κ2) is 10.0. The van der Waals surface area contributed by atoms with Crippen LogP contribution in [0, 0.1) is 0 Å². The Labute approximate surface area is 182 Å². The van der Waals surface area contributed by atoms with Crippen LogP contribution in [0.3, 0.4) is 0 Å². The summed E-state index contributed by atoms with van der Waals surface area (Å²) in [5, 5.41) is 24.6. The Morgan fingerprint density at radius 1 is 1.10 bits per heavy atom. The first-order valence-corrected chi connectivity index (χ1v) is 10.8. The van der Waals surface area contributed by atoms with Gasteiger partial charge in [0, 0.05) is 50.5 Å². The summed E-state index contributed by atoms with van der Waals surface area (Å²) >= 11 is 6.06. The van der Waals surface area contributed by atoms with Gasteiger partial charge in [-0.1, -0.05) is 29.8 Å². The Hall–Kier alpha value is -1.74. The quantitative estimate of drug-likeness (QED) is 0.605. The summed E-state index contributed by atoms with van der Waals surface area (Å²) in [7, 11) is 0. The van der Waals surface area contributed by atoms with Gasteiger partial charge < -0.3 is 25.2 Å². The van der Waals surface area contributed by atoms with Crippen LogP contribution in [-0.4, -0.2) is 83.8 Å². The first kappa shape index (κ1) is 21.5. The number of nitrogens with zero attached hydrogens (tertiary/aromatic N) is 3. The molecule has 162 valence electrons. The number of hydrogen-bond acceptors (Lipinski definition) is 7. The van der Waals surface area contributed by atoms with Crippen molar-refractivity contribution in [3.63, 3.8) is 0 Å². The molecule has 7 nitrogen and oxygen atoms in total. The van der Waals surface area contributed by atoms with E-state index >= 15 is 0 Å². The van der Waals surface area contributed by atoms with Gasteiger partial charge in [-0.15, -0.1) is 0 Å². The maximum Gasteiger partial charge on any atom is 0.128 e. The predicted molar refractivity (Wildman–Crippen MR) is 117 cm³/mol. The Balaban J connectivity index is 1.36. The highest BCUT2D eigenvalue weighted by atomic mass is 35.5. The van der Waals surface area contributed by atoms with Gasteiger partial charge in [-0.3, -0.25) is 4.90 Å². The number of aromatic nitrogens is 1. The molecule has 2 aromatic rings. The molecule has 2 fully saturated rings. The molecule has 0 unspecified atom stereocenters. The topological polar surface area (TPSA) is 81.1 Å². The fourth-order valence-electron chi connectivity index (χ4n) is 4.39. The molecule has 3 heterocycles. The van der Waals surface area contributed by atoms with E-state index in [4.69, 9.17) is 16.3 Å². The van der Waals surface area contributed by atoms with Gasteiger partial charge in [0.1, 0.15) is 18.0 Å². The van der Waals surface area contributed by atoms with Gasteiger partial charge in [0.15, 0.2) is 0 Å². The van der Waals surface area contributed by atoms with Gasteiger partial charge in [-0.25, -0.2) is 4.98 Å². The molecule has 0 amide bonds. The van der Waals surface area contributed by atoms with E-state index in [9.17, 15) is 10.2 Å². The number of benzene rings is 1. The summed E-state index contributed by atoms with van der Waals surface area (Å²) in [6.07, 6.45) is 0.345. The summed E-state index contributed by atoms with van der Waals surface area (Å²) in [6.45, 7) is 4.37. The molecule has 4 atom stereocenters. The van der Waals surface area contributed by atoms with Crippen molar-refractivity contribution < 1.29 is 14.9 Å². The van der Waals surface area contributed by atoms with Crippen molar-refractivity contribution in [2.45, 2.75) is 30.9 Å². The van der Waals surface area contributed by atoms with Crippen LogP contribution in [0.5, 0.6) is 0 Å². The van der Waals surface area contributed by atoms with Gasteiger partial charge in [-0.2, -0.15) is 0 Å². The summed E-state index contributed by atoms with van der Waals surface area (Å²) in [5.74, 6) is 0.980. The number of ether oxygens (including phenoxy) is 1. The lowest BCUT2D eigenvalue weighted by Gasteiger charge is -2.40. The van der Waals surface area contributed by atoms with E-state index in [1.54, 1.807) is 0 Å². The Bertz CT molecular complexity index is 804. The number of pyridine rings is 1. The van der Waals surface area contributed by atoms with Gasteiger partial charge in [0.05, 0.1) is 18.8 Å². The molecular formula is C22H29ClN4O3. The Morgan fingerprint density at radius 3 is 2.63 bits per heavy atom. The molecule has 0 spiro atoms. The second-order valence-corrected chi connectivity index (χ2v) is 8.28. The zero-order valence-electron chi connectivity index (χ0n) is 16.9. The predicted octanol–water partition coefficient (Wildman–Crippen LogP) is 1.14. The highest BCUT2D eigenvalue weighted by Gasteiger charge is 2.46. The fourth-order valence-corrected chi connectivity index (χ4v) is 4.60. The van der Waals surface area contributed by atoms with Crippen molar-refractivity contribution in [2.75, 3.05) is 44.2 Å². The van der Waals surface area contributed by atoms with E-state index < -0.39 is 12.2 Å². The molecule has 3 N–H and O–H groups in total. The highest BCUT2D eigenvalue weighted by molar-refractivity contribution is 6.30. The fraction of sp³-hybridized carbons (Fsp3) is 0.500. The molecule has 2 aliphatic heterocycles. The molecule has 4 rings (SSSR count). The lowest BCUT2D eigenvalue weighted by Crippen LogP contribution is -2.57. The lowest BCUT2D eigenvalue weighted by atomic mass is 10.0. The number of halogens is 1. The van der Waals surface area contributed by atoms with Crippen LogP contribution < -0.4 is 10.2 Å². The van der Waals surface area contributed by atoms with Gasteiger partial charge in [-0.05, 0) is 29.8 Å². The highest BCUT2D eigenvalue weighted by Crippen LogP contribution is 2.27. The van der Waals surface area contributed by atoms with Gasteiger partial charge >= 0.3 is 0 Å². The largest absolute Gasteiger partial charge is 0.394 e. The van der Waals surface area contributed by atoms with E-state index in [1.807, 2.05) is 48.7 Å². The molecule has 30 heavy (non-hydrogen) atoms. The molecular weight excluding hydrogens is 404 g/mol. The molecule has 0 saturated carbocycles. The molecule has 0 radical (unpaired) electrons. The summed E-state index contributed by atoms with van der Waals surface area (Å²) in [5.41, 5.74) is 1.10. The van der Waals surface area contributed by atoms with E-state index in [-0.39, 0.29) is 18.8 Å². The Kier molecular flexibility index (Phi) is 7.20. The molecule has 1 aromatic heterocycles. The average molecular weight is 433 g/mol. The molecule has 2 saturated heterocycles. The van der Waals surface area contributed by atoms with Crippen molar-refractivity contribution >= 4 is 17.4 Å². The summed E-state index contributed by atoms with van der Waals surface area (Å²) in [6, 6.07) is 13.5. The zero-order valence-corrected chi connectivity index (χ0v) is 17.7. The molecule has 0 bridgehead atoms. The van der Waals surface area contributed by atoms with Crippen LogP contribution in [0.1, 0.15) is 5.56 Å². The molecule has 8 heteroatoms. The summed E-state index contributed by atoms with van der Waals surface area (Å²) < 4.78 is 6.01. The van der Waals surface area contributed by atoms with Crippen molar-refractivity contribution in [1.82, 2.24) is 15.2 Å². The first-order valence-electron chi connectivity index (χ1n) is 10.5. The van der Waals surface area contributed by atoms with Crippen LogP contribution in [-0.2, 0) is 11.3 Å². The third-order valence-electron chi connectivity index (χ3n) is 5.91. The van der Waals surface area contributed by atoms with Crippen LogP contribution in [0.2, 0.25) is 5.02 Å². The van der Waals surface area contributed by atoms with E-state index in [1.165, 1.54) is 0 Å². The zero-order chi connectivity index (χ0) is 20.9. The standard InChI is InChI=1S/C22H29ClN4O3/c23-17-5-3-4-16(12-17)13-24-14-18-21(22(29)19(15-28)30-18)27-10-8-26(9-11-27)20-6-1-2-7-25-20/h1-7,12,18-19,21-22,24,28-29H,8-11,13-15H2/t18-,19+,21+,22-/m1/s1. The van der Waals surface area contributed by atoms with Crippen molar-refractivity contribution in [3.05, 3.63) is 59.2 Å². The number of rotatable bonds is 7. The minimum atomic E-state index is -0.714. The third kappa shape index (κ3) is 4.94. The number of aliphatic hydroxyl groups excluding tert-OH is 2. The monoisotopic (exact) mass is 432 g/mol. The average Bonchev–Trinajstić information content (AvgIpc) is 3.10. The minimum Gasteiger partial charge on any atom is -0.394 e. The van der Waals surface area contributed by atoms with Gasteiger partial charge in [0.2, 0.25) is 0 Å². The van der Waals surface area contributed by atoms with Crippen LogP contribution >= 0.6 is 11.6 Å². The number of anilines is 1. The minimum absolute atomic E-state index is 0.153. The van der Waals surface area contributed by atoms with Crippen LogP contribution in [0.25, 0.3) is 0 Å². The molecule has 0 aliphatic carbocycles. The maximum atomic E-state index is 10.8. The molecule has 2 aliphatic rings. The van der Waals surface area contributed by atoms with Crippen molar-refractivity contribution in [3.8, 4) is 0 Å². The lowest BCUT2D eigenvalue weighted by molar-refractivity contribution is -0.0213. The number of aliphatic hydroxyl groups is 2. The molecule has 1 aromatic carbocycles. The SMILES string of the molecule is OC[C@@H]1O[C@H](CNCc2cccc(Cl)c2)[C@H](N2CCN(c3ccccn3)CC2)[C@@H]1O. The van der Waals surface area contributed by atoms with Crippen LogP contribution in [0.15, 0.2) is 48.7 Å². The normalized spacial score (nSPS) is 27.5. The van der Waals surface area contributed by atoms with Crippen molar-refractivity contribution in [2.24, 2.45) is 0 Å². The van der Waals surface area contributed by atoms with E-state index in [0.29, 0.717) is 18.1 Å². The number of nitrogens with one attached hydrogen (secondary N) is 1. The van der Waals surface area contributed by atoms with Crippen LogP contribution in [0.4, 0.5) is 5.82 Å². The van der Waals surface area contributed by atoms with E-state index in [0.717, 1.165) is 37.6 Å². The van der Waals surface area contributed by atoms with Gasteiger partial charge in [0.25, 0.3) is 0 Å². The second-order valence-electron chi connectivity index (χ2n) is 7.85. The smallest absolute Gasteiger partial charge is 0.128 e. The maximum absolute atomic E-state index is 10.8. The number of piperazine rings is 1. The Morgan fingerprint density at radius 2 is 1.93 bits per heavy atom. The van der Waals surface area contributed by atoms with E-state index in [2.05, 4.69) is 20.1 Å². The first-order chi connectivity index (χ1) is 14.7. The summed E-state index contributed by atoms with van der Waals surface area (Å²) in [4.78, 5) is 8.98.